The second kappa shape index (κ2) is 6.12. The van der Waals surface area contributed by atoms with Crippen molar-refractivity contribution in [2.75, 3.05) is 18.0 Å². The van der Waals surface area contributed by atoms with Crippen LogP contribution in [0.3, 0.4) is 0 Å². The SMILES string of the molecule is Cc1cnc(N(CC(=O)O)CC(C)C)c([N+](=O)[O-])c1. The number of pyridine rings is 1. The maximum Gasteiger partial charge on any atom is 0.323 e. The second-order valence-corrected chi connectivity index (χ2v) is 4.78. The normalized spacial score (nSPS) is 10.5. The summed E-state index contributed by atoms with van der Waals surface area (Å²) < 4.78 is 0. The Hall–Kier alpha value is -2.18. The molecule has 1 aromatic heterocycles. The van der Waals surface area contributed by atoms with Crippen LogP contribution in [0.5, 0.6) is 0 Å². The average molecular weight is 267 g/mol. The van der Waals surface area contributed by atoms with Gasteiger partial charge in [0.1, 0.15) is 6.54 Å². The van der Waals surface area contributed by atoms with E-state index in [1.165, 1.54) is 17.2 Å². The largest absolute Gasteiger partial charge is 0.480 e. The first kappa shape index (κ1) is 14.9. The molecule has 0 amide bonds. The lowest BCUT2D eigenvalue weighted by Gasteiger charge is -2.23. The van der Waals surface area contributed by atoms with Crippen LogP contribution in [0.1, 0.15) is 19.4 Å². The van der Waals surface area contributed by atoms with E-state index in [9.17, 15) is 14.9 Å². The molecule has 0 aliphatic carbocycles. The summed E-state index contributed by atoms with van der Waals surface area (Å²) in [5, 5.41) is 19.9. The molecule has 1 rings (SSSR count). The Morgan fingerprint density at radius 3 is 2.68 bits per heavy atom. The van der Waals surface area contributed by atoms with Gasteiger partial charge in [-0.05, 0) is 18.4 Å². The van der Waals surface area contributed by atoms with Gasteiger partial charge in [0.15, 0.2) is 0 Å². The Labute approximate surface area is 111 Å². The molecule has 0 radical (unpaired) electrons. The zero-order valence-corrected chi connectivity index (χ0v) is 11.2. The molecule has 1 N–H and O–H groups in total. The van der Waals surface area contributed by atoms with E-state index in [0.29, 0.717) is 12.1 Å². The minimum absolute atomic E-state index is 0.103. The highest BCUT2D eigenvalue weighted by atomic mass is 16.6. The molecule has 1 aromatic rings. The Kier molecular flexibility index (Phi) is 4.80. The number of anilines is 1. The molecule has 0 fully saturated rings. The first-order valence-corrected chi connectivity index (χ1v) is 5.89. The van der Waals surface area contributed by atoms with Crippen molar-refractivity contribution in [2.24, 2.45) is 5.92 Å². The minimum atomic E-state index is -1.04. The molecule has 19 heavy (non-hydrogen) atoms. The molecule has 104 valence electrons. The number of aromatic nitrogens is 1. The van der Waals surface area contributed by atoms with Crippen molar-refractivity contribution in [1.82, 2.24) is 4.98 Å². The van der Waals surface area contributed by atoms with Crippen LogP contribution in [0.15, 0.2) is 12.3 Å². The molecule has 0 atom stereocenters. The molecule has 1 heterocycles. The summed E-state index contributed by atoms with van der Waals surface area (Å²) in [4.78, 5) is 26.8. The number of carbonyl (C=O) groups is 1. The van der Waals surface area contributed by atoms with Gasteiger partial charge in [0, 0.05) is 18.8 Å². The Balaban J connectivity index is 3.20. The number of nitrogens with zero attached hydrogens (tertiary/aromatic N) is 3. The van der Waals surface area contributed by atoms with Crippen molar-refractivity contribution in [3.63, 3.8) is 0 Å². The maximum absolute atomic E-state index is 11.0. The van der Waals surface area contributed by atoms with Crippen LogP contribution < -0.4 is 4.90 Å². The quantitative estimate of drug-likeness (QED) is 0.624. The lowest BCUT2D eigenvalue weighted by atomic mass is 10.2. The van der Waals surface area contributed by atoms with E-state index in [2.05, 4.69) is 4.98 Å². The molecule has 7 nitrogen and oxygen atoms in total. The van der Waals surface area contributed by atoms with Gasteiger partial charge in [-0.2, -0.15) is 0 Å². The summed E-state index contributed by atoms with van der Waals surface area (Å²) >= 11 is 0. The summed E-state index contributed by atoms with van der Waals surface area (Å²) in [7, 11) is 0. The number of aryl methyl sites for hydroxylation is 1. The molecule has 0 saturated heterocycles. The molecule has 0 aliphatic heterocycles. The van der Waals surface area contributed by atoms with Crippen molar-refractivity contribution < 1.29 is 14.8 Å². The third-order valence-corrected chi connectivity index (χ3v) is 2.39. The van der Waals surface area contributed by atoms with Gasteiger partial charge in [0.05, 0.1) is 4.92 Å². The van der Waals surface area contributed by atoms with E-state index in [1.807, 2.05) is 13.8 Å². The van der Waals surface area contributed by atoms with Crippen LogP contribution in [0, 0.1) is 23.0 Å². The number of nitro groups is 1. The number of rotatable bonds is 6. The van der Waals surface area contributed by atoms with Gasteiger partial charge < -0.3 is 10.0 Å². The monoisotopic (exact) mass is 267 g/mol. The topological polar surface area (TPSA) is 96.6 Å². The fraction of sp³-hybridized carbons (Fsp3) is 0.500. The van der Waals surface area contributed by atoms with Crippen LogP contribution in [-0.2, 0) is 4.79 Å². The van der Waals surface area contributed by atoms with Crippen LogP contribution in [0.4, 0.5) is 11.5 Å². The molecular weight excluding hydrogens is 250 g/mol. The standard InChI is InChI=1S/C12H17N3O4/c1-8(2)6-14(7-11(16)17)12-10(15(18)19)4-9(3)5-13-12/h4-5,8H,6-7H2,1-3H3,(H,16,17). The van der Waals surface area contributed by atoms with Gasteiger partial charge >= 0.3 is 11.7 Å². The predicted octanol–water partition coefficient (Wildman–Crippen LogP) is 1.85. The van der Waals surface area contributed by atoms with Crippen LogP contribution in [-0.4, -0.2) is 34.1 Å². The summed E-state index contributed by atoms with van der Waals surface area (Å²) in [5.74, 6) is -0.772. The predicted molar refractivity (Wildman–Crippen MR) is 70.3 cm³/mol. The van der Waals surface area contributed by atoms with Gasteiger partial charge in [-0.1, -0.05) is 13.8 Å². The number of carboxylic acid groups (broad SMARTS) is 1. The highest BCUT2D eigenvalue weighted by Gasteiger charge is 2.23. The van der Waals surface area contributed by atoms with Crippen molar-refractivity contribution in [1.29, 1.82) is 0 Å². The summed E-state index contributed by atoms with van der Waals surface area (Å²) in [5.41, 5.74) is 0.497. The highest BCUT2D eigenvalue weighted by molar-refractivity contribution is 5.75. The lowest BCUT2D eigenvalue weighted by molar-refractivity contribution is -0.384. The maximum atomic E-state index is 11.0. The Morgan fingerprint density at radius 1 is 1.58 bits per heavy atom. The van der Waals surface area contributed by atoms with E-state index in [0.717, 1.165) is 0 Å². The summed E-state index contributed by atoms with van der Waals surface area (Å²) in [6.45, 7) is 5.61. The van der Waals surface area contributed by atoms with Gasteiger partial charge in [0.25, 0.3) is 0 Å². The van der Waals surface area contributed by atoms with E-state index < -0.39 is 10.9 Å². The number of hydrogen-bond donors (Lipinski definition) is 1. The number of aliphatic carboxylic acids is 1. The van der Waals surface area contributed by atoms with Crippen molar-refractivity contribution in [3.8, 4) is 0 Å². The third kappa shape index (κ3) is 4.20. The second-order valence-electron chi connectivity index (χ2n) is 4.78. The van der Waals surface area contributed by atoms with E-state index >= 15 is 0 Å². The molecule has 7 heteroatoms. The molecule has 0 aliphatic rings. The summed E-state index contributed by atoms with van der Waals surface area (Å²) in [6, 6.07) is 1.40. The number of hydrogen-bond acceptors (Lipinski definition) is 5. The third-order valence-electron chi connectivity index (χ3n) is 2.39. The van der Waals surface area contributed by atoms with Gasteiger partial charge in [0.2, 0.25) is 5.82 Å². The van der Waals surface area contributed by atoms with Gasteiger partial charge in [-0.3, -0.25) is 14.9 Å². The molecule has 0 aromatic carbocycles. The highest BCUT2D eigenvalue weighted by Crippen LogP contribution is 2.26. The van der Waals surface area contributed by atoms with Crippen LogP contribution in [0.2, 0.25) is 0 Å². The first-order valence-electron chi connectivity index (χ1n) is 5.89. The Bertz CT molecular complexity index is 488. The van der Waals surface area contributed by atoms with Crippen molar-refractivity contribution >= 4 is 17.5 Å². The molecule has 0 saturated carbocycles. The molecule has 0 spiro atoms. The lowest BCUT2D eigenvalue weighted by Crippen LogP contribution is -2.34. The molecule has 0 unspecified atom stereocenters. The Morgan fingerprint density at radius 2 is 2.21 bits per heavy atom. The molecular formula is C12H17N3O4. The average Bonchev–Trinajstić information content (AvgIpc) is 2.26. The van der Waals surface area contributed by atoms with E-state index in [1.54, 1.807) is 6.92 Å². The van der Waals surface area contributed by atoms with Gasteiger partial charge in [-0.25, -0.2) is 4.98 Å². The molecule has 0 bridgehead atoms. The van der Waals surface area contributed by atoms with E-state index in [-0.39, 0.29) is 24.0 Å². The van der Waals surface area contributed by atoms with Crippen LogP contribution >= 0.6 is 0 Å². The van der Waals surface area contributed by atoms with Gasteiger partial charge in [-0.15, -0.1) is 0 Å². The first-order chi connectivity index (χ1) is 8.81. The smallest absolute Gasteiger partial charge is 0.323 e. The zero-order valence-electron chi connectivity index (χ0n) is 11.2. The van der Waals surface area contributed by atoms with Crippen LogP contribution in [0.25, 0.3) is 0 Å². The summed E-state index contributed by atoms with van der Waals surface area (Å²) in [6.07, 6.45) is 1.50. The van der Waals surface area contributed by atoms with Crippen molar-refractivity contribution in [2.45, 2.75) is 20.8 Å². The fourth-order valence-electron chi connectivity index (χ4n) is 1.75. The number of carboxylic acids is 1. The minimum Gasteiger partial charge on any atom is -0.480 e. The fourth-order valence-corrected chi connectivity index (χ4v) is 1.75. The zero-order chi connectivity index (χ0) is 14.6. The van der Waals surface area contributed by atoms with E-state index in [4.69, 9.17) is 5.11 Å². The van der Waals surface area contributed by atoms with Crippen molar-refractivity contribution in [3.05, 3.63) is 27.9 Å².